The van der Waals surface area contributed by atoms with Crippen LogP contribution in [0.25, 0.3) is 0 Å². The zero-order chi connectivity index (χ0) is 16.9. The van der Waals surface area contributed by atoms with Crippen molar-refractivity contribution in [2.75, 3.05) is 13.1 Å². The molecule has 0 N–H and O–H groups in total. The molecule has 1 aliphatic heterocycles. The van der Waals surface area contributed by atoms with Crippen molar-refractivity contribution < 1.29 is 0 Å². The fraction of sp³-hybridized carbons (Fsp3) is 0.632. The van der Waals surface area contributed by atoms with Gasteiger partial charge in [-0.25, -0.2) is 4.68 Å². The Morgan fingerprint density at radius 3 is 2.50 bits per heavy atom. The van der Waals surface area contributed by atoms with Crippen LogP contribution in [-0.2, 0) is 13.0 Å². The van der Waals surface area contributed by atoms with Crippen molar-refractivity contribution in [2.45, 2.75) is 52.6 Å². The van der Waals surface area contributed by atoms with Crippen molar-refractivity contribution in [3.63, 3.8) is 0 Å². The van der Waals surface area contributed by atoms with Gasteiger partial charge in [-0.1, -0.05) is 51.1 Å². The van der Waals surface area contributed by atoms with Crippen molar-refractivity contribution in [1.29, 1.82) is 0 Å². The molecule has 0 spiro atoms. The summed E-state index contributed by atoms with van der Waals surface area (Å²) in [4.78, 5) is 2.58. The van der Waals surface area contributed by atoms with Crippen LogP contribution in [0.2, 0.25) is 0 Å². The molecule has 1 aliphatic rings. The van der Waals surface area contributed by atoms with E-state index in [-0.39, 0.29) is 0 Å². The fourth-order valence-corrected chi connectivity index (χ4v) is 3.65. The molecule has 1 unspecified atom stereocenters. The molecule has 130 valence electrons. The lowest BCUT2D eigenvalue weighted by atomic mass is 9.94. The zero-order valence-corrected chi connectivity index (χ0v) is 15.1. The molecule has 5 heteroatoms. The minimum absolute atomic E-state index is 0.309. The minimum Gasteiger partial charge on any atom is -0.293 e. The molecule has 1 atom stereocenters. The van der Waals surface area contributed by atoms with Gasteiger partial charge in [0.1, 0.15) is 0 Å². The van der Waals surface area contributed by atoms with E-state index >= 15 is 0 Å². The van der Waals surface area contributed by atoms with E-state index in [1.807, 2.05) is 4.68 Å². The van der Waals surface area contributed by atoms with E-state index in [4.69, 9.17) is 0 Å². The van der Waals surface area contributed by atoms with Gasteiger partial charge in [0.05, 0.1) is 6.04 Å². The van der Waals surface area contributed by atoms with E-state index in [1.54, 1.807) is 0 Å². The van der Waals surface area contributed by atoms with Crippen molar-refractivity contribution >= 4 is 0 Å². The van der Waals surface area contributed by atoms with Gasteiger partial charge in [-0.3, -0.25) is 4.90 Å². The molecule has 0 aliphatic carbocycles. The number of aromatic nitrogens is 4. The topological polar surface area (TPSA) is 46.8 Å². The van der Waals surface area contributed by atoms with Gasteiger partial charge in [-0.15, -0.1) is 5.10 Å². The highest BCUT2D eigenvalue weighted by molar-refractivity contribution is 5.14. The Labute approximate surface area is 145 Å². The maximum Gasteiger partial charge on any atom is 0.168 e. The molecular formula is C19H29N5. The van der Waals surface area contributed by atoms with Crippen LogP contribution < -0.4 is 0 Å². The van der Waals surface area contributed by atoms with Crippen LogP contribution in [0, 0.1) is 11.8 Å². The Balaban J connectivity index is 1.73. The van der Waals surface area contributed by atoms with Gasteiger partial charge in [-0.05, 0) is 60.2 Å². The van der Waals surface area contributed by atoms with Crippen LogP contribution in [0.3, 0.4) is 0 Å². The normalized spacial score (nSPS) is 18.2. The summed E-state index contributed by atoms with van der Waals surface area (Å²) in [6.45, 7) is 10.0. The Bertz CT molecular complexity index is 614. The summed E-state index contributed by atoms with van der Waals surface area (Å²) in [6.07, 6.45) is 3.50. The molecule has 2 heterocycles. The molecule has 0 amide bonds. The van der Waals surface area contributed by atoms with Crippen LogP contribution >= 0.6 is 0 Å². The molecule has 1 aromatic heterocycles. The zero-order valence-electron chi connectivity index (χ0n) is 15.1. The largest absolute Gasteiger partial charge is 0.293 e. The van der Waals surface area contributed by atoms with E-state index in [1.165, 1.54) is 18.4 Å². The summed E-state index contributed by atoms with van der Waals surface area (Å²) < 4.78 is 2.01. The number of tetrazole rings is 1. The van der Waals surface area contributed by atoms with Gasteiger partial charge in [0.2, 0.25) is 0 Å². The van der Waals surface area contributed by atoms with Gasteiger partial charge < -0.3 is 0 Å². The van der Waals surface area contributed by atoms with E-state index in [0.29, 0.717) is 12.0 Å². The molecule has 0 bridgehead atoms. The van der Waals surface area contributed by atoms with Gasteiger partial charge >= 0.3 is 0 Å². The lowest BCUT2D eigenvalue weighted by Crippen LogP contribution is -2.39. The van der Waals surface area contributed by atoms with Crippen LogP contribution in [0.1, 0.15) is 51.0 Å². The van der Waals surface area contributed by atoms with Crippen LogP contribution in [-0.4, -0.2) is 38.2 Å². The molecule has 2 aromatic rings. The summed E-state index contributed by atoms with van der Waals surface area (Å²) in [5.41, 5.74) is 1.33. The fourth-order valence-electron chi connectivity index (χ4n) is 3.65. The molecular weight excluding hydrogens is 298 g/mol. The number of hydrogen-bond donors (Lipinski definition) is 0. The van der Waals surface area contributed by atoms with Crippen molar-refractivity contribution in [2.24, 2.45) is 11.8 Å². The number of likely N-dealkylation sites (tertiary alicyclic amines) is 1. The standard InChI is InChI=1S/C19H29N5/c1-15(2)18(23-12-9-16(3)10-13-23)19-20-21-22-24(19)14-11-17-7-5-4-6-8-17/h4-8,15-16,18H,9-14H2,1-3H3. The molecule has 1 aromatic carbocycles. The number of benzene rings is 1. The van der Waals surface area contributed by atoms with E-state index in [2.05, 4.69) is 71.5 Å². The van der Waals surface area contributed by atoms with E-state index in [9.17, 15) is 0 Å². The van der Waals surface area contributed by atoms with Gasteiger partial charge in [0, 0.05) is 6.54 Å². The second kappa shape index (κ2) is 7.88. The summed E-state index contributed by atoms with van der Waals surface area (Å²) >= 11 is 0. The maximum atomic E-state index is 4.40. The highest BCUT2D eigenvalue weighted by atomic mass is 15.5. The highest BCUT2D eigenvalue weighted by Crippen LogP contribution is 2.30. The molecule has 5 nitrogen and oxygen atoms in total. The summed E-state index contributed by atoms with van der Waals surface area (Å²) in [5.74, 6) is 2.36. The number of rotatable bonds is 6. The molecule has 0 radical (unpaired) electrons. The number of piperidine rings is 1. The van der Waals surface area contributed by atoms with E-state index in [0.717, 1.165) is 37.8 Å². The van der Waals surface area contributed by atoms with Crippen molar-refractivity contribution in [3.8, 4) is 0 Å². The van der Waals surface area contributed by atoms with Crippen LogP contribution in [0.4, 0.5) is 0 Å². The van der Waals surface area contributed by atoms with Gasteiger partial charge in [-0.2, -0.15) is 0 Å². The first-order chi connectivity index (χ1) is 11.6. The number of hydrogen-bond acceptors (Lipinski definition) is 4. The van der Waals surface area contributed by atoms with Crippen molar-refractivity contribution in [1.82, 2.24) is 25.1 Å². The molecule has 24 heavy (non-hydrogen) atoms. The Morgan fingerprint density at radius 2 is 1.83 bits per heavy atom. The van der Waals surface area contributed by atoms with Crippen LogP contribution in [0.5, 0.6) is 0 Å². The first-order valence-corrected chi connectivity index (χ1v) is 9.19. The molecule has 1 fully saturated rings. The molecule has 3 rings (SSSR count). The second-order valence-electron chi connectivity index (χ2n) is 7.40. The van der Waals surface area contributed by atoms with Gasteiger partial charge in [0.25, 0.3) is 0 Å². The summed E-state index contributed by atoms with van der Waals surface area (Å²) in [7, 11) is 0. The predicted octanol–water partition coefficient (Wildman–Crippen LogP) is 3.34. The quantitative estimate of drug-likeness (QED) is 0.816. The van der Waals surface area contributed by atoms with E-state index < -0.39 is 0 Å². The number of aryl methyl sites for hydroxylation is 2. The summed E-state index contributed by atoms with van der Waals surface area (Å²) in [5, 5.41) is 12.7. The molecule has 0 saturated carbocycles. The minimum atomic E-state index is 0.309. The third kappa shape index (κ3) is 4.01. The Morgan fingerprint density at radius 1 is 1.12 bits per heavy atom. The third-order valence-electron chi connectivity index (χ3n) is 5.12. The SMILES string of the molecule is CC1CCN(C(c2nnnn2CCc2ccccc2)C(C)C)CC1. The van der Waals surface area contributed by atoms with Gasteiger partial charge in [0.15, 0.2) is 5.82 Å². The smallest absolute Gasteiger partial charge is 0.168 e. The average Bonchev–Trinajstić information content (AvgIpc) is 3.04. The first-order valence-electron chi connectivity index (χ1n) is 9.19. The Hall–Kier alpha value is -1.75. The second-order valence-corrected chi connectivity index (χ2v) is 7.40. The first kappa shape index (κ1) is 17.1. The monoisotopic (exact) mass is 327 g/mol. The average molecular weight is 327 g/mol. The highest BCUT2D eigenvalue weighted by Gasteiger charge is 2.30. The van der Waals surface area contributed by atoms with Crippen LogP contribution in [0.15, 0.2) is 30.3 Å². The molecule has 1 saturated heterocycles. The third-order valence-corrected chi connectivity index (χ3v) is 5.12. The maximum absolute atomic E-state index is 4.40. The van der Waals surface area contributed by atoms with Crippen molar-refractivity contribution in [3.05, 3.63) is 41.7 Å². The Kier molecular flexibility index (Phi) is 5.61. The lowest BCUT2D eigenvalue weighted by molar-refractivity contribution is 0.0991. The predicted molar refractivity (Wildman–Crippen MR) is 95.5 cm³/mol. The summed E-state index contributed by atoms with van der Waals surface area (Å²) in [6, 6.07) is 10.9. The number of nitrogens with zero attached hydrogens (tertiary/aromatic N) is 5. The lowest BCUT2D eigenvalue weighted by Gasteiger charge is -2.37.